The predicted molar refractivity (Wildman–Crippen MR) is 123 cm³/mol. The van der Waals surface area contributed by atoms with E-state index in [0.717, 1.165) is 45.0 Å². The highest BCUT2D eigenvalue weighted by Gasteiger charge is 2.22. The van der Waals surface area contributed by atoms with E-state index in [1.165, 1.54) is 6.26 Å². The monoisotopic (exact) mass is 445 g/mol. The maximum absolute atomic E-state index is 12.4. The molecule has 2 aromatic rings. The number of oxazole rings is 1. The van der Waals surface area contributed by atoms with Gasteiger partial charge in [0.15, 0.2) is 5.69 Å². The number of aromatic nitrogens is 1. The minimum absolute atomic E-state index is 0.258. The zero-order chi connectivity index (χ0) is 22.9. The molecule has 0 spiro atoms. The van der Waals surface area contributed by atoms with E-state index in [-0.39, 0.29) is 17.7 Å². The molecule has 0 saturated carbocycles. The second kappa shape index (κ2) is 12.0. The fraction of sp³-hybridized carbons (Fsp3) is 0.565. The summed E-state index contributed by atoms with van der Waals surface area (Å²) < 4.78 is 10.7. The molecule has 1 aliphatic rings. The molecule has 32 heavy (non-hydrogen) atoms. The van der Waals surface area contributed by atoms with Crippen LogP contribution in [0.1, 0.15) is 30.2 Å². The number of hydrogen-bond donors (Lipinski definition) is 2. The molecule has 0 aliphatic carbocycles. The van der Waals surface area contributed by atoms with Gasteiger partial charge in [-0.1, -0.05) is 13.8 Å². The van der Waals surface area contributed by atoms with E-state index in [1.807, 2.05) is 0 Å². The Hall–Kier alpha value is -2.46. The van der Waals surface area contributed by atoms with Gasteiger partial charge in [0.05, 0.1) is 19.8 Å². The molecule has 1 saturated heterocycles. The number of nitrogens with zero attached hydrogens (tertiary/aromatic N) is 4. The Morgan fingerprint density at radius 3 is 2.47 bits per heavy atom. The van der Waals surface area contributed by atoms with Crippen molar-refractivity contribution in [3.8, 4) is 5.75 Å². The van der Waals surface area contributed by atoms with E-state index >= 15 is 0 Å². The number of carbonyl (C=O) groups is 1. The Bertz CT molecular complexity index is 829. The van der Waals surface area contributed by atoms with E-state index in [1.54, 1.807) is 31.4 Å². The Kier molecular flexibility index (Phi) is 9.04. The van der Waals surface area contributed by atoms with Gasteiger partial charge in [0.2, 0.25) is 5.89 Å². The lowest BCUT2D eigenvalue weighted by atomic mass is 10.2. The van der Waals surface area contributed by atoms with Crippen LogP contribution in [0.3, 0.4) is 0 Å². The molecule has 176 valence electrons. The lowest BCUT2D eigenvalue weighted by Gasteiger charge is -2.35. The van der Waals surface area contributed by atoms with Gasteiger partial charge in [-0.15, -0.1) is 0 Å². The van der Waals surface area contributed by atoms with Crippen LogP contribution in [0.25, 0.3) is 0 Å². The van der Waals surface area contributed by atoms with Crippen LogP contribution in [-0.2, 0) is 6.54 Å². The number of aliphatic hydroxyl groups excluding tert-OH is 1. The number of piperazine rings is 1. The molecule has 9 heteroatoms. The highest BCUT2D eigenvalue weighted by molar-refractivity contribution is 6.02. The molecule has 1 atom stereocenters. The average Bonchev–Trinajstić information content (AvgIpc) is 3.28. The lowest BCUT2D eigenvalue weighted by Crippen LogP contribution is -2.49. The van der Waals surface area contributed by atoms with Crippen LogP contribution in [0.4, 0.5) is 5.69 Å². The highest BCUT2D eigenvalue weighted by atomic mass is 16.5. The number of nitrogens with one attached hydrogen (secondary N) is 1. The van der Waals surface area contributed by atoms with Gasteiger partial charge in [-0.05, 0) is 37.4 Å². The Morgan fingerprint density at radius 1 is 1.19 bits per heavy atom. The summed E-state index contributed by atoms with van der Waals surface area (Å²) in [6.45, 7) is 11.6. The first-order valence-corrected chi connectivity index (χ1v) is 11.3. The zero-order valence-corrected chi connectivity index (χ0v) is 19.3. The summed E-state index contributed by atoms with van der Waals surface area (Å²) in [4.78, 5) is 23.6. The Balaban J connectivity index is 1.42. The molecule has 2 N–H and O–H groups in total. The SMILES string of the molecule is CCN(CC)CC(O)CN1CCN(Cc2nc(C(=O)Nc3ccc(OC)cc3)co2)CC1. The fourth-order valence-corrected chi connectivity index (χ4v) is 3.81. The van der Waals surface area contributed by atoms with Crippen molar-refractivity contribution in [2.45, 2.75) is 26.5 Å². The fourth-order valence-electron chi connectivity index (χ4n) is 3.81. The van der Waals surface area contributed by atoms with Crippen molar-refractivity contribution >= 4 is 11.6 Å². The maximum atomic E-state index is 12.4. The molecule has 1 aromatic heterocycles. The summed E-state index contributed by atoms with van der Waals surface area (Å²) in [5.74, 6) is 0.947. The van der Waals surface area contributed by atoms with Gasteiger partial charge in [-0.2, -0.15) is 0 Å². The second-order valence-corrected chi connectivity index (χ2v) is 8.03. The molecule has 0 radical (unpaired) electrons. The number of hydrogen-bond acceptors (Lipinski definition) is 8. The van der Waals surface area contributed by atoms with Crippen LogP contribution in [0.5, 0.6) is 5.75 Å². The van der Waals surface area contributed by atoms with Crippen LogP contribution >= 0.6 is 0 Å². The molecule has 3 rings (SSSR count). The molecule has 2 heterocycles. The number of rotatable bonds is 11. The number of likely N-dealkylation sites (N-methyl/N-ethyl adjacent to an activating group) is 1. The van der Waals surface area contributed by atoms with Gasteiger partial charge < -0.3 is 24.5 Å². The van der Waals surface area contributed by atoms with Gasteiger partial charge >= 0.3 is 0 Å². The third-order valence-electron chi connectivity index (χ3n) is 5.79. The van der Waals surface area contributed by atoms with Crippen LogP contribution in [0.15, 0.2) is 34.9 Å². The summed E-state index contributed by atoms with van der Waals surface area (Å²) in [7, 11) is 1.60. The van der Waals surface area contributed by atoms with Crippen molar-refractivity contribution in [3.63, 3.8) is 0 Å². The molecule has 1 aliphatic heterocycles. The summed E-state index contributed by atoms with van der Waals surface area (Å²) in [6, 6.07) is 7.12. The van der Waals surface area contributed by atoms with E-state index in [9.17, 15) is 9.90 Å². The van der Waals surface area contributed by atoms with Crippen molar-refractivity contribution in [1.29, 1.82) is 0 Å². The van der Waals surface area contributed by atoms with Crippen LogP contribution in [-0.4, -0.2) is 96.3 Å². The predicted octanol–water partition coefficient (Wildman–Crippen LogP) is 1.76. The first-order valence-electron chi connectivity index (χ1n) is 11.3. The number of ether oxygens (including phenoxy) is 1. The number of benzene rings is 1. The van der Waals surface area contributed by atoms with E-state index in [0.29, 0.717) is 31.2 Å². The number of amides is 1. The molecular formula is C23H35N5O4. The number of anilines is 1. The molecule has 1 fully saturated rings. The molecule has 1 unspecified atom stereocenters. The first-order chi connectivity index (χ1) is 15.5. The molecule has 1 amide bonds. The summed E-state index contributed by atoms with van der Waals surface area (Å²) in [5, 5.41) is 13.2. The first kappa shape index (κ1) is 24.2. The van der Waals surface area contributed by atoms with Crippen LogP contribution in [0, 0.1) is 0 Å². The highest BCUT2D eigenvalue weighted by Crippen LogP contribution is 2.16. The standard InChI is InChI=1S/C23H35N5O4/c1-4-26(5-2)14-19(29)15-27-10-12-28(13-11-27)16-22-25-21(17-32-22)23(30)24-18-6-8-20(31-3)9-7-18/h6-9,17,19,29H,4-5,10-16H2,1-3H3,(H,24,30). The lowest BCUT2D eigenvalue weighted by molar-refractivity contribution is 0.0491. The summed E-state index contributed by atoms with van der Waals surface area (Å²) in [5.41, 5.74) is 0.925. The van der Waals surface area contributed by atoms with E-state index < -0.39 is 0 Å². The number of methoxy groups -OCH3 is 1. The van der Waals surface area contributed by atoms with Crippen molar-refractivity contribution in [2.24, 2.45) is 0 Å². The average molecular weight is 446 g/mol. The Morgan fingerprint density at radius 2 is 1.84 bits per heavy atom. The number of β-amino-alcohol motifs (C(OH)–C–C–N with tert-alkyl or cyclic N) is 1. The van der Waals surface area contributed by atoms with Gasteiger partial charge in [0.1, 0.15) is 12.0 Å². The molecule has 0 bridgehead atoms. The largest absolute Gasteiger partial charge is 0.497 e. The minimum Gasteiger partial charge on any atom is -0.497 e. The van der Waals surface area contributed by atoms with Crippen molar-refractivity contribution in [3.05, 3.63) is 42.1 Å². The topological polar surface area (TPSA) is 94.3 Å². The zero-order valence-electron chi connectivity index (χ0n) is 19.3. The number of aliphatic hydroxyl groups is 1. The minimum atomic E-state index is -0.333. The smallest absolute Gasteiger partial charge is 0.277 e. The normalized spacial score (nSPS) is 16.3. The molecular weight excluding hydrogens is 410 g/mol. The maximum Gasteiger partial charge on any atom is 0.277 e. The third kappa shape index (κ3) is 7.03. The van der Waals surface area contributed by atoms with Crippen molar-refractivity contribution in [1.82, 2.24) is 19.7 Å². The Labute approximate surface area is 190 Å². The van der Waals surface area contributed by atoms with Crippen LogP contribution < -0.4 is 10.1 Å². The molecule has 1 aromatic carbocycles. The summed E-state index contributed by atoms with van der Waals surface area (Å²) >= 11 is 0. The second-order valence-electron chi connectivity index (χ2n) is 8.03. The van der Waals surface area contributed by atoms with Gasteiger partial charge in [-0.3, -0.25) is 14.6 Å². The van der Waals surface area contributed by atoms with Crippen LogP contribution in [0.2, 0.25) is 0 Å². The van der Waals surface area contributed by atoms with Crippen molar-refractivity contribution < 1.29 is 19.1 Å². The summed E-state index contributed by atoms with van der Waals surface area (Å²) in [6.07, 6.45) is 1.06. The van der Waals surface area contributed by atoms with E-state index in [2.05, 4.69) is 38.8 Å². The third-order valence-corrected chi connectivity index (χ3v) is 5.79. The van der Waals surface area contributed by atoms with Gasteiger partial charge in [0, 0.05) is 45.0 Å². The van der Waals surface area contributed by atoms with E-state index in [4.69, 9.17) is 9.15 Å². The molecule has 9 nitrogen and oxygen atoms in total. The number of carbonyl (C=O) groups excluding carboxylic acids is 1. The quantitative estimate of drug-likeness (QED) is 0.540. The van der Waals surface area contributed by atoms with Gasteiger partial charge in [-0.25, -0.2) is 4.98 Å². The van der Waals surface area contributed by atoms with Crippen molar-refractivity contribution in [2.75, 3.05) is 64.8 Å². The van der Waals surface area contributed by atoms with Gasteiger partial charge in [0.25, 0.3) is 5.91 Å².